The Labute approximate surface area is 201 Å². The molecule has 0 saturated carbocycles. The fraction of sp³-hybridized carbons (Fsp3) is 0.455. The van der Waals surface area contributed by atoms with Gasteiger partial charge in [0.25, 0.3) is 0 Å². The van der Waals surface area contributed by atoms with E-state index >= 15 is 0 Å². The van der Waals surface area contributed by atoms with Crippen molar-refractivity contribution in [2.45, 2.75) is 24.7 Å². The number of hydrogen-bond donors (Lipinski definition) is 1. The van der Waals surface area contributed by atoms with Crippen LogP contribution in [-0.2, 0) is 21.4 Å². The smallest absolute Gasteiger partial charge is 0.409 e. The molecule has 9 nitrogen and oxygen atoms in total. The molecule has 0 bridgehead atoms. The standard InChI is InChI=1S/C22H26ClN5O4S/c1-26(2)18(29)7-5-15-11-33-19(24-15)25-20(30)28-13-22(8-9-27(12-22)21(31)32-3)16-10-14(23)4-6-17(16)28/h4,6,10-11H,5,7-9,12-13H2,1-3H3,(H,24,25,30). The lowest BCUT2D eigenvalue weighted by molar-refractivity contribution is -0.128. The predicted molar refractivity (Wildman–Crippen MR) is 127 cm³/mol. The number of carbonyl (C=O) groups is 3. The molecule has 1 atom stereocenters. The summed E-state index contributed by atoms with van der Waals surface area (Å²) >= 11 is 7.61. The van der Waals surface area contributed by atoms with Crippen molar-refractivity contribution in [2.24, 2.45) is 0 Å². The summed E-state index contributed by atoms with van der Waals surface area (Å²) in [5, 5.41) is 5.80. The highest BCUT2D eigenvalue weighted by Gasteiger charge is 2.50. The molecule has 2 aliphatic heterocycles. The van der Waals surface area contributed by atoms with E-state index in [9.17, 15) is 14.4 Å². The number of aryl methyl sites for hydroxylation is 1. The van der Waals surface area contributed by atoms with E-state index in [0.717, 1.165) is 16.9 Å². The van der Waals surface area contributed by atoms with Crippen LogP contribution in [0, 0.1) is 0 Å². The number of rotatable bonds is 4. The highest BCUT2D eigenvalue weighted by atomic mass is 35.5. The van der Waals surface area contributed by atoms with Crippen molar-refractivity contribution < 1.29 is 19.1 Å². The summed E-state index contributed by atoms with van der Waals surface area (Å²) in [6, 6.07) is 5.19. The van der Waals surface area contributed by atoms with Gasteiger partial charge in [-0.25, -0.2) is 14.6 Å². The lowest BCUT2D eigenvalue weighted by Crippen LogP contribution is -2.41. The molecule has 1 saturated heterocycles. The third kappa shape index (κ3) is 4.63. The number of amides is 4. The van der Waals surface area contributed by atoms with Crippen molar-refractivity contribution in [1.82, 2.24) is 14.8 Å². The SMILES string of the molecule is COC(=O)N1CCC2(C1)CN(C(=O)Nc1nc(CCC(=O)N(C)C)cs1)c1ccc(Cl)cc12. The van der Waals surface area contributed by atoms with Crippen LogP contribution in [0.5, 0.6) is 0 Å². The minimum absolute atomic E-state index is 0.0313. The Hall–Kier alpha value is -2.85. The fourth-order valence-electron chi connectivity index (χ4n) is 4.43. The Kier molecular flexibility index (Phi) is 6.49. The average Bonchev–Trinajstić information content (AvgIpc) is 3.50. The molecule has 1 unspecified atom stereocenters. The monoisotopic (exact) mass is 491 g/mol. The summed E-state index contributed by atoms with van der Waals surface area (Å²) in [5.41, 5.74) is 2.10. The van der Waals surface area contributed by atoms with Crippen LogP contribution in [0.2, 0.25) is 5.02 Å². The van der Waals surface area contributed by atoms with E-state index in [4.69, 9.17) is 16.3 Å². The molecule has 33 heavy (non-hydrogen) atoms. The van der Waals surface area contributed by atoms with Crippen LogP contribution in [0.1, 0.15) is 24.1 Å². The third-order valence-electron chi connectivity index (χ3n) is 6.17. The number of benzene rings is 1. The topological polar surface area (TPSA) is 95.1 Å². The minimum atomic E-state index is -0.396. The molecule has 0 aliphatic carbocycles. The number of nitrogens with one attached hydrogen (secondary N) is 1. The second kappa shape index (κ2) is 9.18. The van der Waals surface area contributed by atoms with Crippen LogP contribution < -0.4 is 10.2 Å². The Bertz CT molecular complexity index is 1090. The Morgan fingerprint density at radius 1 is 1.30 bits per heavy atom. The normalized spacial score (nSPS) is 19.0. The molecule has 1 aromatic heterocycles. The number of hydrogen-bond acceptors (Lipinski definition) is 6. The van der Waals surface area contributed by atoms with E-state index in [0.29, 0.717) is 49.1 Å². The number of aromatic nitrogens is 1. The number of methoxy groups -OCH3 is 1. The molecule has 4 amide bonds. The molecule has 2 aromatic rings. The van der Waals surface area contributed by atoms with Crippen LogP contribution in [0.3, 0.4) is 0 Å². The number of carbonyl (C=O) groups excluding carboxylic acids is 3. The van der Waals surface area contributed by atoms with Crippen LogP contribution in [0.25, 0.3) is 0 Å². The largest absolute Gasteiger partial charge is 0.453 e. The maximum Gasteiger partial charge on any atom is 0.409 e. The average molecular weight is 492 g/mol. The van der Waals surface area contributed by atoms with Crippen molar-refractivity contribution in [1.29, 1.82) is 0 Å². The van der Waals surface area contributed by atoms with Gasteiger partial charge >= 0.3 is 12.1 Å². The van der Waals surface area contributed by atoms with Gasteiger partial charge in [-0.05, 0) is 36.6 Å². The Morgan fingerprint density at radius 3 is 2.82 bits per heavy atom. The second-order valence-electron chi connectivity index (χ2n) is 8.53. The molecular formula is C22H26ClN5O4S. The molecule has 2 aliphatic rings. The van der Waals surface area contributed by atoms with Crippen molar-refractivity contribution in [3.8, 4) is 0 Å². The van der Waals surface area contributed by atoms with Gasteiger partial charge in [-0.15, -0.1) is 11.3 Å². The van der Waals surface area contributed by atoms with E-state index in [1.807, 2.05) is 17.5 Å². The van der Waals surface area contributed by atoms with Gasteiger partial charge in [0.05, 0.1) is 12.8 Å². The first-order valence-electron chi connectivity index (χ1n) is 10.6. The van der Waals surface area contributed by atoms with E-state index in [1.54, 1.807) is 34.9 Å². The maximum atomic E-state index is 13.2. The second-order valence-corrected chi connectivity index (χ2v) is 9.83. The summed E-state index contributed by atoms with van der Waals surface area (Å²) in [6.45, 7) is 1.44. The number of likely N-dealkylation sites (tertiary alicyclic amines) is 1. The molecule has 4 rings (SSSR count). The van der Waals surface area contributed by atoms with E-state index in [-0.39, 0.29) is 18.0 Å². The van der Waals surface area contributed by atoms with Gasteiger partial charge in [-0.2, -0.15) is 0 Å². The number of nitrogens with zero attached hydrogens (tertiary/aromatic N) is 4. The van der Waals surface area contributed by atoms with Crippen LogP contribution >= 0.6 is 22.9 Å². The number of fused-ring (bicyclic) bond motifs is 2. The van der Waals surface area contributed by atoms with Crippen molar-refractivity contribution in [3.63, 3.8) is 0 Å². The number of halogens is 1. The molecule has 1 N–H and O–H groups in total. The number of anilines is 2. The van der Waals surface area contributed by atoms with Gasteiger partial charge in [0.2, 0.25) is 5.91 Å². The number of ether oxygens (including phenoxy) is 1. The van der Waals surface area contributed by atoms with E-state index in [1.165, 1.54) is 18.4 Å². The highest BCUT2D eigenvalue weighted by molar-refractivity contribution is 7.13. The van der Waals surface area contributed by atoms with Gasteiger partial charge in [0.15, 0.2) is 5.13 Å². The molecular weight excluding hydrogens is 466 g/mol. The molecule has 1 aromatic carbocycles. The molecule has 176 valence electrons. The minimum Gasteiger partial charge on any atom is -0.453 e. The summed E-state index contributed by atoms with van der Waals surface area (Å²) in [6.07, 6.45) is 1.21. The van der Waals surface area contributed by atoms with Gasteiger partial charge < -0.3 is 14.5 Å². The van der Waals surface area contributed by atoms with E-state index in [2.05, 4.69) is 10.3 Å². The van der Waals surface area contributed by atoms with Crippen LogP contribution in [-0.4, -0.2) is 73.7 Å². The van der Waals surface area contributed by atoms with Crippen LogP contribution in [0.4, 0.5) is 20.4 Å². The van der Waals surface area contributed by atoms with E-state index < -0.39 is 5.41 Å². The number of thiazole rings is 1. The Balaban J connectivity index is 1.49. The summed E-state index contributed by atoms with van der Waals surface area (Å²) in [4.78, 5) is 46.5. The number of urea groups is 1. The first-order valence-corrected chi connectivity index (χ1v) is 11.8. The quantitative estimate of drug-likeness (QED) is 0.705. The zero-order valence-electron chi connectivity index (χ0n) is 18.8. The lowest BCUT2D eigenvalue weighted by Gasteiger charge is -2.25. The molecule has 3 heterocycles. The zero-order valence-corrected chi connectivity index (χ0v) is 20.3. The molecule has 0 radical (unpaired) electrons. The first kappa shape index (κ1) is 23.3. The molecule has 11 heteroatoms. The fourth-order valence-corrected chi connectivity index (χ4v) is 5.33. The van der Waals surface area contributed by atoms with Crippen molar-refractivity contribution >= 4 is 51.8 Å². The maximum absolute atomic E-state index is 13.2. The molecule has 1 spiro atoms. The van der Waals surface area contributed by atoms with Crippen molar-refractivity contribution in [2.75, 3.05) is 51.1 Å². The highest BCUT2D eigenvalue weighted by Crippen LogP contribution is 2.47. The lowest BCUT2D eigenvalue weighted by atomic mass is 9.81. The van der Waals surface area contributed by atoms with Gasteiger partial charge in [-0.1, -0.05) is 11.6 Å². The van der Waals surface area contributed by atoms with Gasteiger partial charge in [-0.3, -0.25) is 15.0 Å². The zero-order chi connectivity index (χ0) is 23.8. The van der Waals surface area contributed by atoms with Crippen molar-refractivity contribution in [3.05, 3.63) is 39.9 Å². The molecule has 1 fully saturated rings. The summed E-state index contributed by atoms with van der Waals surface area (Å²) in [5.74, 6) is 0.0313. The third-order valence-corrected chi connectivity index (χ3v) is 7.21. The van der Waals surface area contributed by atoms with Crippen LogP contribution in [0.15, 0.2) is 23.6 Å². The van der Waals surface area contributed by atoms with Gasteiger partial charge in [0.1, 0.15) is 0 Å². The van der Waals surface area contributed by atoms with Gasteiger partial charge in [0, 0.05) is 61.7 Å². The summed E-state index contributed by atoms with van der Waals surface area (Å²) in [7, 11) is 4.81. The summed E-state index contributed by atoms with van der Waals surface area (Å²) < 4.78 is 4.89. The first-order chi connectivity index (χ1) is 15.7. The predicted octanol–water partition coefficient (Wildman–Crippen LogP) is 3.58. The Morgan fingerprint density at radius 2 is 2.09 bits per heavy atom.